The molecule has 0 spiro atoms. The van der Waals surface area contributed by atoms with Gasteiger partial charge in [0.2, 0.25) is 0 Å². The number of carboxylic acids is 2. The van der Waals surface area contributed by atoms with E-state index in [9.17, 15) is 0 Å². The summed E-state index contributed by atoms with van der Waals surface area (Å²) in [6.07, 6.45) is 0. The van der Waals surface area contributed by atoms with Crippen LogP contribution in [0.1, 0.15) is 13.8 Å². The highest BCUT2D eigenvalue weighted by molar-refractivity contribution is 5.63. The lowest BCUT2D eigenvalue weighted by Crippen LogP contribution is -2.53. The molecule has 0 aliphatic rings. The van der Waals surface area contributed by atoms with E-state index >= 15 is 0 Å². The van der Waals surface area contributed by atoms with Crippen LogP contribution in [-0.4, -0.2) is 57.7 Å². The zero-order chi connectivity index (χ0) is 13.8. The fraction of sp³-hybridized carbons (Fsp3) is 0.750. The van der Waals surface area contributed by atoms with Crippen molar-refractivity contribution in [2.75, 3.05) is 19.8 Å². The number of aliphatic hydroxyl groups excluding tert-OH is 2. The van der Waals surface area contributed by atoms with Crippen molar-refractivity contribution in [1.29, 1.82) is 0 Å². The molecular formula is C8H20N2O6. The summed E-state index contributed by atoms with van der Waals surface area (Å²) in [5, 5.41) is 31.7. The van der Waals surface area contributed by atoms with Gasteiger partial charge in [-0.2, -0.15) is 0 Å². The first-order valence-corrected chi connectivity index (χ1v) is 4.25. The molecule has 0 fully saturated rings. The van der Waals surface area contributed by atoms with Gasteiger partial charge in [-0.3, -0.25) is 9.59 Å². The summed E-state index contributed by atoms with van der Waals surface area (Å²) in [4.78, 5) is 18.0. The summed E-state index contributed by atoms with van der Waals surface area (Å²) in [6.45, 7) is 1.71. The van der Waals surface area contributed by atoms with Crippen molar-refractivity contribution >= 4 is 11.9 Å². The molecule has 0 amide bonds. The average Bonchev–Trinajstić information content (AvgIpc) is 2.15. The Morgan fingerprint density at radius 3 is 1.25 bits per heavy atom. The minimum atomic E-state index is -0.986. The van der Waals surface area contributed by atoms with Crippen LogP contribution in [-0.2, 0) is 9.59 Å². The highest BCUT2D eigenvalue weighted by atomic mass is 16.4. The molecule has 0 heterocycles. The molecule has 98 valence electrons. The molecular weight excluding hydrogens is 220 g/mol. The Hall–Kier alpha value is -1.22. The zero-order valence-electron chi connectivity index (χ0n) is 9.38. The predicted octanol–water partition coefficient (Wildman–Crippen LogP) is -2.19. The van der Waals surface area contributed by atoms with Crippen LogP contribution in [0, 0.1) is 0 Å². The molecule has 0 radical (unpaired) electrons. The number of hydrogen-bond acceptors (Lipinski definition) is 6. The van der Waals surface area contributed by atoms with E-state index in [1.807, 2.05) is 0 Å². The van der Waals surface area contributed by atoms with Crippen molar-refractivity contribution in [3.05, 3.63) is 0 Å². The summed E-state index contributed by atoms with van der Waals surface area (Å²) in [5.74, 6) is -1.67. The summed E-state index contributed by atoms with van der Waals surface area (Å²) < 4.78 is 0. The van der Waals surface area contributed by atoms with Gasteiger partial charge in [0.1, 0.15) is 0 Å². The van der Waals surface area contributed by atoms with Gasteiger partial charge in [-0.1, -0.05) is 0 Å². The molecule has 8 N–H and O–H groups in total. The van der Waals surface area contributed by atoms with Crippen molar-refractivity contribution in [3.63, 3.8) is 0 Å². The highest BCUT2D eigenvalue weighted by Crippen LogP contribution is 1.91. The Kier molecular flexibility index (Phi) is 15.0. The number of nitrogens with two attached hydrogens (primary N) is 2. The summed E-state index contributed by atoms with van der Waals surface area (Å²) in [7, 11) is 0. The average molecular weight is 240 g/mol. The van der Waals surface area contributed by atoms with Crippen LogP contribution in [0.2, 0.25) is 0 Å². The standard InChI is InChI=1S/C4H12N2O2.2C2H4O2/c5-1-4(6,2-7)3-8;2*1-2(3)4/h7-8H,1-3,5-6H2;2*1H3,(H,3,4). The monoisotopic (exact) mass is 240 g/mol. The van der Waals surface area contributed by atoms with Gasteiger partial charge in [0, 0.05) is 20.4 Å². The third-order valence-corrected chi connectivity index (χ3v) is 1.04. The number of aliphatic hydroxyl groups is 2. The second kappa shape index (κ2) is 11.9. The first-order valence-electron chi connectivity index (χ1n) is 4.25. The molecule has 8 nitrogen and oxygen atoms in total. The van der Waals surface area contributed by atoms with Gasteiger partial charge >= 0.3 is 0 Å². The lowest BCUT2D eigenvalue weighted by molar-refractivity contribution is -0.135. The molecule has 0 saturated carbocycles. The molecule has 0 atom stereocenters. The molecule has 0 aromatic carbocycles. The van der Waals surface area contributed by atoms with Crippen LogP contribution >= 0.6 is 0 Å². The maximum Gasteiger partial charge on any atom is 0.300 e. The molecule has 0 aromatic rings. The van der Waals surface area contributed by atoms with E-state index in [1.165, 1.54) is 0 Å². The molecule has 0 aliphatic heterocycles. The van der Waals surface area contributed by atoms with Gasteiger partial charge in [-0.05, 0) is 0 Å². The minimum Gasteiger partial charge on any atom is -0.481 e. The number of carbonyl (C=O) groups is 2. The SMILES string of the molecule is CC(=O)O.CC(=O)O.NCC(N)(CO)CO. The first-order chi connectivity index (χ1) is 7.15. The summed E-state index contributed by atoms with van der Waals surface area (Å²) in [5.41, 5.74) is 9.37. The highest BCUT2D eigenvalue weighted by Gasteiger charge is 2.19. The van der Waals surface area contributed by atoms with E-state index in [4.69, 9.17) is 41.5 Å². The van der Waals surface area contributed by atoms with E-state index in [2.05, 4.69) is 0 Å². The second-order valence-electron chi connectivity index (χ2n) is 2.92. The number of aliphatic carboxylic acids is 2. The van der Waals surface area contributed by atoms with E-state index in [-0.39, 0.29) is 19.8 Å². The molecule has 0 unspecified atom stereocenters. The van der Waals surface area contributed by atoms with Crippen molar-refractivity contribution in [2.45, 2.75) is 19.4 Å². The summed E-state index contributed by atoms with van der Waals surface area (Å²) >= 11 is 0. The van der Waals surface area contributed by atoms with E-state index in [0.29, 0.717) is 0 Å². The molecule has 0 saturated heterocycles. The topological polar surface area (TPSA) is 167 Å². The van der Waals surface area contributed by atoms with Crippen LogP contribution < -0.4 is 11.5 Å². The number of rotatable bonds is 3. The van der Waals surface area contributed by atoms with Gasteiger partial charge in [0.15, 0.2) is 0 Å². The van der Waals surface area contributed by atoms with Crippen LogP contribution in [0.3, 0.4) is 0 Å². The first kappa shape index (κ1) is 20.2. The van der Waals surface area contributed by atoms with E-state index < -0.39 is 17.5 Å². The van der Waals surface area contributed by atoms with Crippen molar-refractivity contribution in [2.24, 2.45) is 11.5 Å². The normalized spacial score (nSPS) is 9.12. The Bertz CT molecular complexity index is 165. The lowest BCUT2D eigenvalue weighted by atomic mass is 10.1. The maximum atomic E-state index is 9.00. The van der Waals surface area contributed by atoms with Gasteiger partial charge in [0.25, 0.3) is 11.9 Å². The van der Waals surface area contributed by atoms with Crippen molar-refractivity contribution in [1.82, 2.24) is 0 Å². The largest absolute Gasteiger partial charge is 0.481 e. The zero-order valence-corrected chi connectivity index (χ0v) is 9.38. The molecule has 8 heteroatoms. The smallest absolute Gasteiger partial charge is 0.300 e. The predicted molar refractivity (Wildman–Crippen MR) is 56.8 cm³/mol. The minimum absolute atomic E-state index is 0.0972. The van der Waals surface area contributed by atoms with Gasteiger partial charge < -0.3 is 31.9 Å². The van der Waals surface area contributed by atoms with Crippen molar-refractivity contribution < 1.29 is 30.0 Å². The van der Waals surface area contributed by atoms with Crippen LogP contribution in [0.4, 0.5) is 0 Å². The molecule has 0 aliphatic carbocycles. The summed E-state index contributed by atoms with van der Waals surface area (Å²) in [6, 6.07) is 0. The molecule has 0 aromatic heterocycles. The number of carboxylic acid groups (broad SMARTS) is 2. The Labute approximate surface area is 93.5 Å². The Balaban J connectivity index is -0.000000179. The molecule has 0 bridgehead atoms. The van der Waals surface area contributed by atoms with E-state index in [0.717, 1.165) is 13.8 Å². The lowest BCUT2D eigenvalue weighted by Gasteiger charge is -2.21. The third kappa shape index (κ3) is 29.3. The van der Waals surface area contributed by atoms with Crippen LogP contribution in [0.15, 0.2) is 0 Å². The number of hydrogen-bond donors (Lipinski definition) is 6. The van der Waals surface area contributed by atoms with E-state index in [1.54, 1.807) is 0 Å². The maximum absolute atomic E-state index is 9.00. The molecule has 0 rings (SSSR count). The third-order valence-electron chi connectivity index (χ3n) is 1.04. The Morgan fingerprint density at radius 1 is 1.06 bits per heavy atom. The van der Waals surface area contributed by atoms with Gasteiger partial charge in [-0.25, -0.2) is 0 Å². The van der Waals surface area contributed by atoms with Crippen LogP contribution in [0.25, 0.3) is 0 Å². The molecule has 16 heavy (non-hydrogen) atoms. The fourth-order valence-corrected chi connectivity index (χ4v) is 0.179. The van der Waals surface area contributed by atoms with Gasteiger partial charge in [-0.15, -0.1) is 0 Å². The quantitative estimate of drug-likeness (QED) is 0.323. The van der Waals surface area contributed by atoms with Crippen LogP contribution in [0.5, 0.6) is 0 Å². The fourth-order valence-electron chi connectivity index (χ4n) is 0.179. The van der Waals surface area contributed by atoms with Crippen molar-refractivity contribution in [3.8, 4) is 0 Å². The Morgan fingerprint density at radius 2 is 1.25 bits per heavy atom. The van der Waals surface area contributed by atoms with Gasteiger partial charge in [0.05, 0.1) is 18.8 Å². The second-order valence-corrected chi connectivity index (χ2v) is 2.92.